The van der Waals surface area contributed by atoms with Crippen molar-refractivity contribution in [3.05, 3.63) is 16.8 Å². The molecular formula is C12H18N2W. The molecule has 0 amide bonds. The van der Waals surface area contributed by atoms with Gasteiger partial charge in [-0.05, 0) is 0 Å². The molecule has 2 nitrogen and oxygen atoms in total. The zero-order chi connectivity index (χ0) is 11.7. The molecule has 1 heterocycles. The number of aliphatic imine (C=N–C) groups is 1. The van der Waals surface area contributed by atoms with Gasteiger partial charge >= 0.3 is 103 Å². The summed E-state index contributed by atoms with van der Waals surface area (Å²) < 4.78 is 3.60. The Balaban J connectivity index is 3.47. The molecule has 0 aliphatic heterocycles. The SMILES string of the molecule is C=Nc1c([C](=[W])C(C)C)c(C)c(C)n1C. The van der Waals surface area contributed by atoms with Crippen LogP contribution in [0.4, 0.5) is 5.82 Å². The molecule has 1 aromatic rings. The molecule has 0 saturated heterocycles. The van der Waals surface area contributed by atoms with Crippen LogP contribution in [0.15, 0.2) is 4.99 Å². The van der Waals surface area contributed by atoms with Gasteiger partial charge in [-0.2, -0.15) is 0 Å². The second-order valence-corrected chi connectivity index (χ2v) is 5.73. The molecule has 3 heteroatoms. The van der Waals surface area contributed by atoms with Gasteiger partial charge in [-0.1, -0.05) is 0 Å². The fourth-order valence-corrected chi connectivity index (χ4v) is 2.57. The average Bonchev–Trinajstić information content (AvgIpc) is 2.41. The van der Waals surface area contributed by atoms with E-state index in [-0.39, 0.29) is 0 Å². The van der Waals surface area contributed by atoms with E-state index < -0.39 is 0 Å². The predicted molar refractivity (Wildman–Crippen MR) is 63.0 cm³/mol. The van der Waals surface area contributed by atoms with E-state index in [2.05, 4.69) is 51.0 Å². The van der Waals surface area contributed by atoms with E-state index in [4.69, 9.17) is 0 Å². The molecule has 1 aromatic heterocycles. The number of rotatable bonds is 3. The monoisotopic (exact) mass is 374 g/mol. The summed E-state index contributed by atoms with van der Waals surface area (Å²) in [4.78, 5) is 4.16. The summed E-state index contributed by atoms with van der Waals surface area (Å²) in [6.45, 7) is 12.4. The third-order valence-electron chi connectivity index (χ3n) is 2.88. The van der Waals surface area contributed by atoms with E-state index in [0.717, 1.165) is 5.82 Å². The van der Waals surface area contributed by atoms with Gasteiger partial charge in [0, 0.05) is 0 Å². The Bertz CT molecular complexity index is 414. The minimum absolute atomic E-state index is 0.584. The summed E-state index contributed by atoms with van der Waals surface area (Å²) in [6, 6.07) is 0. The number of nitrogens with zero attached hydrogens (tertiary/aromatic N) is 2. The van der Waals surface area contributed by atoms with Crippen LogP contribution < -0.4 is 0 Å². The van der Waals surface area contributed by atoms with Gasteiger partial charge < -0.3 is 0 Å². The van der Waals surface area contributed by atoms with Gasteiger partial charge in [0.2, 0.25) is 0 Å². The van der Waals surface area contributed by atoms with Gasteiger partial charge in [0.05, 0.1) is 0 Å². The van der Waals surface area contributed by atoms with Crippen molar-refractivity contribution in [2.45, 2.75) is 27.7 Å². The quantitative estimate of drug-likeness (QED) is 0.725. The van der Waals surface area contributed by atoms with Crippen LogP contribution in [-0.4, -0.2) is 15.2 Å². The average molecular weight is 374 g/mol. The molecule has 15 heavy (non-hydrogen) atoms. The van der Waals surface area contributed by atoms with E-state index in [9.17, 15) is 0 Å². The van der Waals surface area contributed by atoms with Crippen LogP contribution in [0, 0.1) is 19.8 Å². The Morgan fingerprint density at radius 2 is 1.93 bits per heavy atom. The summed E-state index contributed by atoms with van der Waals surface area (Å²) in [5, 5.41) is 0. The van der Waals surface area contributed by atoms with Crippen molar-refractivity contribution in [3.63, 3.8) is 0 Å². The fraction of sp³-hybridized carbons (Fsp3) is 0.500. The number of hydrogen-bond donors (Lipinski definition) is 0. The van der Waals surface area contributed by atoms with Crippen molar-refractivity contribution >= 4 is 16.4 Å². The van der Waals surface area contributed by atoms with Gasteiger partial charge in [-0.15, -0.1) is 0 Å². The van der Waals surface area contributed by atoms with E-state index >= 15 is 0 Å². The molecule has 82 valence electrons. The van der Waals surface area contributed by atoms with Crippen molar-refractivity contribution in [2.75, 3.05) is 0 Å². The van der Waals surface area contributed by atoms with Gasteiger partial charge in [-0.25, -0.2) is 0 Å². The zero-order valence-electron chi connectivity index (χ0n) is 10.1. The van der Waals surface area contributed by atoms with E-state index in [1.165, 1.54) is 40.1 Å². The second kappa shape index (κ2) is 4.57. The van der Waals surface area contributed by atoms with Crippen LogP contribution in [0.3, 0.4) is 0 Å². The maximum atomic E-state index is 4.16. The second-order valence-electron chi connectivity index (χ2n) is 4.15. The molecular weight excluding hydrogens is 356 g/mol. The van der Waals surface area contributed by atoms with E-state index in [1.807, 2.05) is 0 Å². The van der Waals surface area contributed by atoms with Crippen LogP contribution in [0.25, 0.3) is 0 Å². The molecule has 0 bridgehead atoms. The van der Waals surface area contributed by atoms with Crippen molar-refractivity contribution in [1.29, 1.82) is 0 Å². The Kier molecular flexibility index (Phi) is 3.83. The molecule has 0 saturated carbocycles. The number of hydrogen-bond acceptors (Lipinski definition) is 1. The first-order chi connectivity index (χ1) is 6.91. The molecule has 0 unspecified atom stereocenters. The number of aromatic nitrogens is 1. The van der Waals surface area contributed by atoms with Crippen molar-refractivity contribution in [2.24, 2.45) is 18.0 Å². The molecule has 0 aromatic carbocycles. The predicted octanol–water partition coefficient (Wildman–Crippen LogP) is 2.70. The van der Waals surface area contributed by atoms with E-state index in [0.29, 0.717) is 5.92 Å². The molecule has 0 N–H and O–H groups in total. The molecule has 0 aliphatic rings. The van der Waals surface area contributed by atoms with E-state index in [1.54, 1.807) is 0 Å². The van der Waals surface area contributed by atoms with Crippen LogP contribution >= 0.6 is 0 Å². The summed E-state index contributed by atoms with van der Waals surface area (Å²) in [6.07, 6.45) is 0. The van der Waals surface area contributed by atoms with Crippen molar-refractivity contribution in [3.8, 4) is 0 Å². The van der Waals surface area contributed by atoms with Crippen LogP contribution in [0.5, 0.6) is 0 Å². The topological polar surface area (TPSA) is 17.3 Å². The van der Waals surface area contributed by atoms with Crippen LogP contribution in [0.2, 0.25) is 0 Å². The summed E-state index contributed by atoms with van der Waals surface area (Å²) in [7, 11) is 2.05. The maximum absolute atomic E-state index is 4.16. The third-order valence-corrected chi connectivity index (χ3v) is 5.31. The first-order valence-corrected chi connectivity index (χ1v) is 6.55. The molecule has 0 atom stereocenters. The Labute approximate surface area is 103 Å². The molecule has 0 aliphatic carbocycles. The van der Waals surface area contributed by atoms with Gasteiger partial charge in [-0.3, -0.25) is 0 Å². The third kappa shape index (κ3) is 2.05. The summed E-state index contributed by atoms with van der Waals surface area (Å²) in [5.74, 6) is 1.60. The molecule has 0 spiro atoms. The van der Waals surface area contributed by atoms with Crippen molar-refractivity contribution in [1.82, 2.24) is 4.57 Å². The Morgan fingerprint density at radius 1 is 1.40 bits per heavy atom. The minimum atomic E-state index is 0.584. The zero-order valence-corrected chi connectivity index (χ0v) is 13.0. The fourth-order valence-electron chi connectivity index (χ4n) is 1.70. The Hall–Kier alpha value is -0.492. The van der Waals surface area contributed by atoms with Gasteiger partial charge in [0.1, 0.15) is 0 Å². The van der Waals surface area contributed by atoms with Gasteiger partial charge in [0.15, 0.2) is 0 Å². The first-order valence-electron chi connectivity index (χ1n) is 5.08. The summed E-state index contributed by atoms with van der Waals surface area (Å²) in [5.41, 5.74) is 3.94. The summed E-state index contributed by atoms with van der Waals surface area (Å²) >= 11 is 1.53. The Morgan fingerprint density at radius 3 is 2.33 bits per heavy atom. The molecule has 0 fully saturated rings. The normalized spacial score (nSPS) is 10.8. The molecule has 0 radical (unpaired) electrons. The van der Waals surface area contributed by atoms with Crippen LogP contribution in [-0.2, 0) is 26.4 Å². The molecule has 1 rings (SSSR count). The first kappa shape index (κ1) is 12.6. The standard InChI is InChI=1S/C12H18N2.W/c1-8(2)7-11-9(3)10(4)14(6)12(11)13-5;/h8H,5H2,1-4,6H3;. The van der Waals surface area contributed by atoms with Gasteiger partial charge in [0.25, 0.3) is 0 Å². The van der Waals surface area contributed by atoms with Crippen LogP contribution in [0.1, 0.15) is 30.7 Å². The van der Waals surface area contributed by atoms with Crippen molar-refractivity contribution < 1.29 is 19.4 Å².